The van der Waals surface area contributed by atoms with E-state index in [0.29, 0.717) is 22.8 Å². The van der Waals surface area contributed by atoms with E-state index in [1.54, 1.807) is 32.0 Å². The second kappa shape index (κ2) is 9.74. The monoisotopic (exact) mass is 404 g/mol. The van der Waals surface area contributed by atoms with Crippen LogP contribution in [0.5, 0.6) is 11.5 Å². The highest BCUT2D eigenvalue weighted by molar-refractivity contribution is 6.44. The number of ketones is 1. The predicted octanol–water partition coefficient (Wildman–Crippen LogP) is 1.48. The molecule has 0 aliphatic heterocycles. The number of benzene rings is 1. The van der Waals surface area contributed by atoms with Gasteiger partial charge < -0.3 is 29.6 Å². The van der Waals surface area contributed by atoms with Crippen LogP contribution in [0.2, 0.25) is 0 Å². The number of methoxy groups -OCH3 is 2. The van der Waals surface area contributed by atoms with Crippen molar-refractivity contribution in [1.82, 2.24) is 10.3 Å². The van der Waals surface area contributed by atoms with Crippen molar-refractivity contribution < 1.29 is 33.7 Å². The number of aromatic amines is 1. The molecule has 1 aromatic heterocycles. The number of H-pyrrole nitrogens is 1. The summed E-state index contributed by atoms with van der Waals surface area (Å²) in [6.45, 7) is 3.02. The number of hydrogen-bond donors (Lipinski definition) is 3. The predicted molar refractivity (Wildman–Crippen MR) is 104 cm³/mol. The van der Waals surface area contributed by atoms with Gasteiger partial charge in [0.25, 0.3) is 11.7 Å². The molecule has 0 fully saturated rings. The Balaban J connectivity index is 2.75. The first-order valence-corrected chi connectivity index (χ1v) is 8.94. The molecule has 0 saturated heterocycles. The van der Waals surface area contributed by atoms with Crippen molar-refractivity contribution in [2.24, 2.45) is 0 Å². The van der Waals surface area contributed by atoms with Crippen LogP contribution in [-0.4, -0.2) is 61.7 Å². The number of nitrogens with one attached hydrogen (secondary N) is 2. The minimum atomic E-state index is -0.918. The van der Waals surface area contributed by atoms with Crippen LogP contribution in [0.3, 0.4) is 0 Å². The Bertz CT molecular complexity index is 918. The molecule has 0 aliphatic carbocycles. The van der Waals surface area contributed by atoms with Crippen LogP contribution < -0.4 is 14.8 Å². The fourth-order valence-electron chi connectivity index (χ4n) is 2.90. The molecule has 0 atom stereocenters. The Labute approximate surface area is 168 Å². The van der Waals surface area contributed by atoms with E-state index in [9.17, 15) is 14.4 Å². The number of aromatic nitrogens is 1. The van der Waals surface area contributed by atoms with Crippen molar-refractivity contribution in [3.63, 3.8) is 0 Å². The van der Waals surface area contributed by atoms with Crippen molar-refractivity contribution in [3.05, 3.63) is 35.2 Å². The van der Waals surface area contributed by atoms with Gasteiger partial charge in [-0.25, -0.2) is 4.79 Å². The van der Waals surface area contributed by atoms with Gasteiger partial charge >= 0.3 is 5.97 Å². The molecule has 1 amide bonds. The zero-order valence-electron chi connectivity index (χ0n) is 16.8. The summed E-state index contributed by atoms with van der Waals surface area (Å²) in [5.41, 5.74) is 0.962. The molecular formula is C20H24N2O7. The van der Waals surface area contributed by atoms with Crippen LogP contribution in [0.4, 0.5) is 0 Å². The highest BCUT2D eigenvalue weighted by Crippen LogP contribution is 2.39. The van der Waals surface area contributed by atoms with E-state index in [4.69, 9.17) is 19.3 Å². The summed E-state index contributed by atoms with van der Waals surface area (Å²) in [5.74, 6) is -1.61. The molecule has 0 unspecified atom stereocenters. The van der Waals surface area contributed by atoms with Gasteiger partial charge in [-0.05, 0) is 32.0 Å². The first-order valence-electron chi connectivity index (χ1n) is 8.94. The molecule has 0 spiro atoms. The molecule has 1 heterocycles. The zero-order chi connectivity index (χ0) is 21.6. The summed E-state index contributed by atoms with van der Waals surface area (Å²) in [7, 11) is 2.93. The van der Waals surface area contributed by atoms with Gasteiger partial charge in [0.15, 0.2) is 0 Å². The number of Topliss-reactive ketones (excluding diaryl/α,β-unsaturated/α-hetero) is 1. The molecule has 0 aliphatic rings. The smallest absolute Gasteiger partial charge is 0.340 e. The quantitative estimate of drug-likeness (QED) is 0.328. The third kappa shape index (κ3) is 4.57. The van der Waals surface area contributed by atoms with E-state index in [0.717, 1.165) is 0 Å². The van der Waals surface area contributed by atoms with Crippen LogP contribution in [0.15, 0.2) is 18.2 Å². The van der Waals surface area contributed by atoms with Crippen LogP contribution >= 0.6 is 0 Å². The number of aliphatic hydroxyl groups excluding tert-OH is 1. The molecule has 0 radical (unpaired) electrons. The Morgan fingerprint density at radius 3 is 2.48 bits per heavy atom. The largest absolute Gasteiger partial charge is 0.497 e. The summed E-state index contributed by atoms with van der Waals surface area (Å²) in [5, 5.41) is 11.2. The molecule has 3 N–H and O–H groups in total. The number of rotatable bonds is 9. The Hall–Kier alpha value is -3.33. The Morgan fingerprint density at radius 2 is 1.90 bits per heavy atom. The number of carbonyl (C=O) groups excluding carboxylic acids is 3. The first kappa shape index (κ1) is 22.0. The van der Waals surface area contributed by atoms with Crippen LogP contribution in [0.25, 0.3) is 11.1 Å². The fraction of sp³-hybridized carbons (Fsp3) is 0.350. The lowest BCUT2D eigenvalue weighted by Gasteiger charge is -2.13. The molecule has 9 nitrogen and oxygen atoms in total. The van der Waals surface area contributed by atoms with Crippen molar-refractivity contribution >= 4 is 17.7 Å². The van der Waals surface area contributed by atoms with Crippen LogP contribution in [0.1, 0.15) is 33.5 Å². The van der Waals surface area contributed by atoms with Gasteiger partial charge in [-0.3, -0.25) is 9.59 Å². The summed E-state index contributed by atoms with van der Waals surface area (Å²) < 4.78 is 15.8. The number of hydrogen-bond acceptors (Lipinski definition) is 7. The van der Waals surface area contributed by atoms with E-state index >= 15 is 0 Å². The molecule has 29 heavy (non-hydrogen) atoms. The number of aliphatic hydroxyl groups is 1. The lowest BCUT2D eigenvalue weighted by atomic mass is 9.97. The fourth-order valence-corrected chi connectivity index (χ4v) is 2.90. The van der Waals surface area contributed by atoms with Crippen molar-refractivity contribution in [2.75, 3.05) is 34.0 Å². The number of esters is 1. The normalized spacial score (nSPS) is 10.4. The lowest BCUT2D eigenvalue weighted by molar-refractivity contribution is -0.117. The molecular weight excluding hydrogens is 380 g/mol. The Kier molecular flexibility index (Phi) is 7.38. The number of amides is 1. The summed E-state index contributed by atoms with van der Waals surface area (Å²) in [6.07, 6.45) is 0. The van der Waals surface area contributed by atoms with Gasteiger partial charge in [0.05, 0.1) is 33.0 Å². The Morgan fingerprint density at radius 1 is 1.17 bits per heavy atom. The second-order valence-electron chi connectivity index (χ2n) is 5.97. The maximum atomic E-state index is 12.8. The number of aryl methyl sites for hydroxylation is 1. The van der Waals surface area contributed by atoms with Crippen molar-refractivity contribution in [3.8, 4) is 22.6 Å². The average molecular weight is 404 g/mol. The maximum absolute atomic E-state index is 12.8. The highest BCUT2D eigenvalue weighted by Gasteiger charge is 2.31. The summed E-state index contributed by atoms with van der Waals surface area (Å²) in [4.78, 5) is 40.5. The van der Waals surface area contributed by atoms with Crippen molar-refractivity contribution in [2.45, 2.75) is 13.8 Å². The molecule has 9 heteroatoms. The lowest BCUT2D eigenvalue weighted by Crippen LogP contribution is -2.33. The van der Waals surface area contributed by atoms with Gasteiger partial charge in [-0.15, -0.1) is 0 Å². The minimum Gasteiger partial charge on any atom is -0.497 e. The van der Waals surface area contributed by atoms with Crippen LogP contribution in [-0.2, 0) is 9.53 Å². The van der Waals surface area contributed by atoms with Gasteiger partial charge in [0.1, 0.15) is 17.2 Å². The zero-order valence-corrected chi connectivity index (χ0v) is 16.8. The summed E-state index contributed by atoms with van der Waals surface area (Å²) >= 11 is 0. The van der Waals surface area contributed by atoms with Gasteiger partial charge in [-0.2, -0.15) is 0 Å². The molecule has 2 rings (SSSR count). The van der Waals surface area contributed by atoms with Gasteiger partial charge in [0.2, 0.25) is 0 Å². The van der Waals surface area contributed by atoms with Gasteiger partial charge in [-0.1, -0.05) is 0 Å². The van der Waals surface area contributed by atoms with Crippen LogP contribution in [0, 0.1) is 6.92 Å². The molecule has 0 saturated carbocycles. The number of carbonyl (C=O) groups is 3. The molecule has 2 aromatic rings. The first-order chi connectivity index (χ1) is 13.9. The topological polar surface area (TPSA) is 127 Å². The minimum absolute atomic E-state index is 0.0766. The third-order valence-electron chi connectivity index (χ3n) is 4.17. The van der Waals surface area contributed by atoms with E-state index in [-0.39, 0.29) is 36.6 Å². The highest BCUT2D eigenvalue weighted by atomic mass is 16.5. The standard InChI is InChI=1S/C20H24N2O7/c1-5-29-20(26)15-11(2)22-17(18(24)19(25)21-8-9-23)16(15)13-10-12(27-3)6-7-14(13)28-4/h6-7,10,22-23H,5,8-9H2,1-4H3,(H,21,25). The van der Waals surface area contributed by atoms with E-state index in [1.165, 1.54) is 14.2 Å². The third-order valence-corrected chi connectivity index (χ3v) is 4.17. The molecule has 0 bridgehead atoms. The average Bonchev–Trinajstić information content (AvgIpc) is 3.07. The molecule has 1 aromatic carbocycles. The SMILES string of the molecule is CCOC(=O)c1c(C)[nH]c(C(=O)C(=O)NCCO)c1-c1cc(OC)ccc1OC. The van der Waals surface area contributed by atoms with E-state index in [2.05, 4.69) is 10.3 Å². The van der Waals surface area contributed by atoms with E-state index < -0.39 is 17.7 Å². The van der Waals surface area contributed by atoms with Gasteiger partial charge in [0, 0.05) is 23.4 Å². The summed E-state index contributed by atoms with van der Waals surface area (Å²) in [6, 6.07) is 4.90. The number of ether oxygens (including phenoxy) is 3. The second-order valence-corrected chi connectivity index (χ2v) is 5.97. The van der Waals surface area contributed by atoms with E-state index in [1.807, 2.05) is 0 Å². The molecule has 156 valence electrons. The van der Waals surface area contributed by atoms with Crippen molar-refractivity contribution in [1.29, 1.82) is 0 Å². The maximum Gasteiger partial charge on any atom is 0.340 e.